The van der Waals surface area contributed by atoms with Crippen molar-refractivity contribution >= 4 is 26.0 Å². The highest BCUT2D eigenvalue weighted by Crippen LogP contribution is 2.15. The molecule has 1 heterocycles. The fourth-order valence-corrected chi connectivity index (χ4v) is 2.21. The van der Waals surface area contributed by atoms with Crippen molar-refractivity contribution in [1.82, 2.24) is 9.71 Å². The molecule has 0 aromatic carbocycles. The fourth-order valence-electron chi connectivity index (χ4n) is 0.912. The van der Waals surface area contributed by atoms with E-state index in [1.807, 2.05) is 0 Å². The van der Waals surface area contributed by atoms with E-state index in [4.69, 9.17) is 0 Å². The van der Waals surface area contributed by atoms with Crippen LogP contribution in [0.5, 0.6) is 0 Å². The van der Waals surface area contributed by atoms with E-state index >= 15 is 0 Å². The molecule has 4 nitrogen and oxygen atoms in total. The molecule has 0 atom stereocenters. The molecule has 0 amide bonds. The Kier molecular flexibility index (Phi) is 3.05. The van der Waals surface area contributed by atoms with Gasteiger partial charge in [0.2, 0.25) is 10.0 Å². The van der Waals surface area contributed by atoms with Crippen LogP contribution in [0.15, 0.2) is 21.6 Å². The van der Waals surface area contributed by atoms with Crippen molar-refractivity contribution in [3.63, 3.8) is 0 Å². The highest BCUT2D eigenvalue weighted by molar-refractivity contribution is 9.10. The molecule has 0 unspecified atom stereocenters. The second-order valence-electron chi connectivity index (χ2n) is 2.43. The Morgan fingerprint density at radius 1 is 1.46 bits per heavy atom. The van der Waals surface area contributed by atoms with Gasteiger partial charge in [0.15, 0.2) is 0 Å². The van der Waals surface area contributed by atoms with Gasteiger partial charge in [-0.05, 0) is 42.0 Å². The van der Waals surface area contributed by atoms with E-state index in [9.17, 15) is 8.42 Å². The zero-order valence-electron chi connectivity index (χ0n) is 7.20. The van der Waals surface area contributed by atoms with Gasteiger partial charge < -0.3 is 0 Å². The molecule has 0 aliphatic carbocycles. The molecule has 0 saturated heterocycles. The molecule has 0 aliphatic heterocycles. The summed E-state index contributed by atoms with van der Waals surface area (Å²) in [5.41, 5.74) is 0.476. The van der Waals surface area contributed by atoms with Crippen LogP contribution in [-0.2, 0) is 10.0 Å². The van der Waals surface area contributed by atoms with E-state index in [0.29, 0.717) is 10.3 Å². The Hall–Kier alpha value is -0.460. The lowest BCUT2D eigenvalue weighted by Gasteiger charge is -2.04. The number of hydrogen-bond donors (Lipinski definition) is 1. The standard InChI is InChI=1S/C7H9BrN2O2S/c1-5-6(13(11,12)9-2)3-4-7(8)10-5/h3-4,9H,1-2H3. The van der Waals surface area contributed by atoms with Crippen LogP contribution in [0.1, 0.15) is 5.69 Å². The molecular formula is C7H9BrN2O2S. The summed E-state index contributed by atoms with van der Waals surface area (Å²) < 4.78 is 25.6. The molecule has 1 rings (SSSR count). The van der Waals surface area contributed by atoms with Crippen molar-refractivity contribution in [1.29, 1.82) is 0 Å². The first-order valence-corrected chi connectivity index (χ1v) is 5.81. The van der Waals surface area contributed by atoms with Gasteiger partial charge in [0.1, 0.15) is 9.50 Å². The van der Waals surface area contributed by atoms with Crippen molar-refractivity contribution in [3.05, 3.63) is 22.4 Å². The van der Waals surface area contributed by atoms with Gasteiger partial charge in [-0.2, -0.15) is 0 Å². The van der Waals surface area contributed by atoms with Crippen LogP contribution < -0.4 is 4.72 Å². The topological polar surface area (TPSA) is 59.1 Å². The highest BCUT2D eigenvalue weighted by atomic mass is 79.9. The smallest absolute Gasteiger partial charge is 0.242 e. The van der Waals surface area contributed by atoms with Crippen LogP contribution in [0.3, 0.4) is 0 Å². The number of nitrogens with one attached hydrogen (secondary N) is 1. The van der Waals surface area contributed by atoms with E-state index in [1.165, 1.54) is 13.1 Å². The molecule has 0 spiro atoms. The van der Waals surface area contributed by atoms with Crippen molar-refractivity contribution in [3.8, 4) is 0 Å². The number of halogens is 1. The number of pyridine rings is 1. The third-order valence-electron chi connectivity index (χ3n) is 1.56. The average molecular weight is 265 g/mol. The minimum Gasteiger partial charge on any atom is -0.245 e. The lowest BCUT2D eigenvalue weighted by Crippen LogP contribution is -2.19. The molecule has 72 valence electrons. The van der Waals surface area contributed by atoms with Gasteiger partial charge in [0.25, 0.3) is 0 Å². The summed E-state index contributed by atoms with van der Waals surface area (Å²) in [6.45, 7) is 1.65. The Bertz CT molecular complexity index is 417. The SMILES string of the molecule is CNS(=O)(=O)c1ccc(Br)nc1C. The van der Waals surface area contributed by atoms with E-state index in [1.54, 1.807) is 13.0 Å². The van der Waals surface area contributed by atoms with Gasteiger partial charge in [0, 0.05) is 0 Å². The highest BCUT2D eigenvalue weighted by Gasteiger charge is 2.14. The molecule has 0 saturated carbocycles. The molecule has 0 radical (unpaired) electrons. The molecule has 13 heavy (non-hydrogen) atoms. The van der Waals surface area contributed by atoms with E-state index in [2.05, 4.69) is 25.6 Å². The summed E-state index contributed by atoms with van der Waals surface area (Å²) in [5.74, 6) is 0. The molecule has 1 aromatic rings. The number of hydrogen-bond acceptors (Lipinski definition) is 3. The normalized spacial score (nSPS) is 11.6. The molecular weight excluding hydrogens is 256 g/mol. The minimum atomic E-state index is -3.38. The fraction of sp³-hybridized carbons (Fsp3) is 0.286. The lowest BCUT2D eigenvalue weighted by molar-refractivity contribution is 0.587. The van der Waals surface area contributed by atoms with E-state index < -0.39 is 10.0 Å². The van der Waals surface area contributed by atoms with Crippen molar-refractivity contribution in [2.24, 2.45) is 0 Å². The molecule has 0 aliphatic rings. The summed E-state index contributed by atoms with van der Waals surface area (Å²) >= 11 is 3.16. The Morgan fingerprint density at radius 3 is 2.54 bits per heavy atom. The first-order chi connectivity index (χ1) is 5.97. The monoisotopic (exact) mass is 264 g/mol. The summed E-state index contributed by atoms with van der Waals surface area (Å²) in [4.78, 5) is 4.19. The Labute approximate surface area is 85.6 Å². The van der Waals surface area contributed by atoms with Crippen LogP contribution in [-0.4, -0.2) is 20.4 Å². The summed E-state index contributed by atoms with van der Waals surface area (Å²) in [7, 11) is -2.01. The summed E-state index contributed by atoms with van der Waals surface area (Å²) in [6.07, 6.45) is 0. The second-order valence-corrected chi connectivity index (χ2v) is 5.09. The number of aryl methyl sites for hydroxylation is 1. The molecule has 0 bridgehead atoms. The number of aromatic nitrogens is 1. The third-order valence-corrected chi connectivity index (χ3v) is 3.55. The van der Waals surface area contributed by atoms with Crippen LogP contribution in [0.25, 0.3) is 0 Å². The van der Waals surface area contributed by atoms with Crippen LogP contribution >= 0.6 is 15.9 Å². The molecule has 1 N–H and O–H groups in total. The number of sulfonamides is 1. The minimum absolute atomic E-state index is 0.207. The van der Waals surface area contributed by atoms with Gasteiger partial charge >= 0.3 is 0 Å². The first-order valence-electron chi connectivity index (χ1n) is 3.54. The summed E-state index contributed by atoms with van der Waals surface area (Å²) in [5, 5.41) is 0. The quantitative estimate of drug-likeness (QED) is 0.813. The average Bonchev–Trinajstić information content (AvgIpc) is 2.03. The van der Waals surface area contributed by atoms with Gasteiger partial charge in [-0.3, -0.25) is 0 Å². The Balaban J connectivity index is 3.33. The van der Waals surface area contributed by atoms with Crippen LogP contribution in [0.2, 0.25) is 0 Å². The largest absolute Gasteiger partial charge is 0.245 e. The van der Waals surface area contributed by atoms with E-state index in [-0.39, 0.29) is 4.90 Å². The van der Waals surface area contributed by atoms with Gasteiger partial charge in [-0.15, -0.1) is 0 Å². The van der Waals surface area contributed by atoms with Crippen LogP contribution in [0.4, 0.5) is 0 Å². The molecule has 1 aromatic heterocycles. The van der Waals surface area contributed by atoms with Crippen molar-refractivity contribution < 1.29 is 8.42 Å². The van der Waals surface area contributed by atoms with Crippen LogP contribution in [0, 0.1) is 6.92 Å². The van der Waals surface area contributed by atoms with Gasteiger partial charge in [0.05, 0.1) is 5.69 Å². The van der Waals surface area contributed by atoms with E-state index in [0.717, 1.165) is 0 Å². The zero-order chi connectivity index (χ0) is 10.1. The first kappa shape index (κ1) is 10.6. The zero-order valence-corrected chi connectivity index (χ0v) is 9.61. The third kappa shape index (κ3) is 2.26. The number of rotatable bonds is 2. The van der Waals surface area contributed by atoms with Gasteiger partial charge in [-0.1, -0.05) is 0 Å². The maximum atomic E-state index is 11.4. The summed E-state index contributed by atoms with van der Waals surface area (Å²) in [6, 6.07) is 3.11. The van der Waals surface area contributed by atoms with Crippen molar-refractivity contribution in [2.45, 2.75) is 11.8 Å². The molecule has 6 heteroatoms. The van der Waals surface area contributed by atoms with Crippen molar-refractivity contribution in [2.75, 3.05) is 7.05 Å². The second kappa shape index (κ2) is 3.73. The lowest BCUT2D eigenvalue weighted by atomic mass is 10.4. The Morgan fingerprint density at radius 2 is 2.08 bits per heavy atom. The molecule has 0 fully saturated rings. The number of nitrogens with zero attached hydrogens (tertiary/aromatic N) is 1. The predicted octanol–water partition coefficient (Wildman–Crippen LogP) is 1.06. The predicted molar refractivity (Wildman–Crippen MR) is 52.9 cm³/mol. The maximum absolute atomic E-state index is 11.4. The maximum Gasteiger partial charge on any atom is 0.242 e. The van der Waals surface area contributed by atoms with Gasteiger partial charge in [-0.25, -0.2) is 18.1 Å².